The van der Waals surface area contributed by atoms with Crippen LogP contribution in [-0.2, 0) is 16.1 Å². The van der Waals surface area contributed by atoms with Gasteiger partial charge in [-0.1, -0.05) is 67.6 Å². The van der Waals surface area contributed by atoms with Crippen molar-refractivity contribution in [2.24, 2.45) is 0 Å². The lowest BCUT2D eigenvalue weighted by atomic mass is 9.95. The maximum absolute atomic E-state index is 13.3. The van der Waals surface area contributed by atoms with Gasteiger partial charge in [-0.05, 0) is 62.4 Å². The van der Waals surface area contributed by atoms with Gasteiger partial charge in [0.2, 0.25) is 5.91 Å². The van der Waals surface area contributed by atoms with E-state index in [1.165, 1.54) is 6.42 Å². The summed E-state index contributed by atoms with van der Waals surface area (Å²) in [4.78, 5) is 28.3. The minimum atomic E-state index is -0.546. The van der Waals surface area contributed by atoms with Crippen LogP contribution in [0, 0.1) is 13.8 Å². The molecule has 33 heavy (non-hydrogen) atoms. The SMILES string of the molecule is CC[C@H](C(=O)NC1CCCCC1)N(Cc1cccc(C)c1)C(=O)COc1ccc(Cl)c(C)c1. The van der Waals surface area contributed by atoms with Gasteiger partial charge in [0.25, 0.3) is 5.91 Å². The van der Waals surface area contributed by atoms with E-state index in [0.717, 1.165) is 42.4 Å². The lowest BCUT2D eigenvalue weighted by Crippen LogP contribution is -2.52. The highest BCUT2D eigenvalue weighted by atomic mass is 35.5. The highest BCUT2D eigenvalue weighted by molar-refractivity contribution is 6.31. The van der Waals surface area contributed by atoms with Crippen LogP contribution in [0.1, 0.15) is 62.1 Å². The van der Waals surface area contributed by atoms with Crippen LogP contribution >= 0.6 is 11.6 Å². The lowest BCUT2D eigenvalue weighted by Gasteiger charge is -2.32. The summed E-state index contributed by atoms with van der Waals surface area (Å²) in [5.74, 6) is 0.294. The van der Waals surface area contributed by atoms with E-state index in [-0.39, 0.29) is 24.5 Å². The molecule has 1 saturated carbocycles. The molecule has 0 spiro atoms. The second-order valence-corrected chi connectivity index (χ2v) is 9.39. The maximum atomic E-state index is 13.3. The lowest BCUT2D eigenvalue weighted by molar-refractivity contribution is -0.143. The second kappa shape index (κ2) is 12.1. The van der Waals surface area contributed by atoms with E-state index < -0.39 is 6.04 Å². The fourth-order valence-electron chi connectivity index (χ4n) is 4.41. The average molecular weight is 471 g/mol. The summed E-state index contributed by atoms with van der Waals surface area (Å²) in [6.07, 6.45) is 6.06. The number of nitrogens with zero attached hydrogens (tertiary/aromatic N) is 1. The van der Waals surface area contributed by atoms with E-state index in [0.29, 0.717) is 23.7 Å². The molecule has 2 amide bonds. The number of benzene rings is 2. The van der Waals surface area contributed by atoms with Gasteiger partial charge in [0.15, 0.2) is 6.61 Å². The molecule has 178 valence electrons. The van der Waals surface area contributed by atoms with Crippen molar-refractivity contribution in [1.29, 1.82) is 0 Å². The zero-order chi connectivity index (χ0) is 23.8. The largest absolute Gasteiger partial charge is 0.484 e. The zero-order valence-corrected chi connectivity index (χ0v) is 20.7. The van der Waals surface area contributed by atoms with Crippen molar-refractivity contribution in [2.45, 2.75) is 77.9 Å². The minimum absolute atomic E-state index is 0.0762. The van der Waals surface area contributed by atoms with Crippen LogP contribution in [0.5, 0.6) is 5.75 Å². The predicted molar refractivity (Wildman–Crippen MR) is 133 cm³/mol. The van der Waals surface area contributed by atoms with Crippen LogP contribution in [0.25, 0.3) is 0 Å². The van der Waals surface area contributed by atoms with Gasteiger partial charge in [-0.3, -0.25) is 9.59 Å². The molecule has 1 atom stereocenters. The zero-order valence-electron chi connectivity index (χ0n) is 19.9. The molecular weight excluding hydrogens is 436 g/mol. The fourth-order valence-corrected chi connectivity index (χ4v) is 4.52. The normalized spacial score (nSPS) is 15.0. The van der Waals surface area contributed by atoms with Gasteiger partial charge in [-0.15, -0.1) is 0 Å². The Labute approximate surface area is 202 Å². The molecule has 1 N–H and O–H groups in total. The molecule has 1 aliphatic rings. The van der Waals surface area contributed by atoms with Crippen molar-refractivity contribution < 1.29 is 14.3 Å². The summed E-state index contributed by atoms with van der Waals surface area (Å²) in [7, 11) is 0. The number of amides is 2. The molecule has 1 fully saturated rings. The Balaban J connectivity index is 1.76. The first-order chi connectivity index (χ1) is 15.9. The van der Waals surface area contributed by atoms with Gasteiger partial charge in [0, 0.05) is 17.6 Å². The molecule has 0 aliphatic heterocycles. The van der Waals surface area contributed by atoms with Crippen LogP contribution < -0.4 is 10.1 Å². The van der Waals surface area contributed by atoms with Crippen molar-refractivity contribution in [1.82, 2.24) is 10.2 Å². The number of hydrogen-bond acceptors (Lipinski definition) is 3. The Hall–Kier alpha value is -2.53. The topological polar surface area (TPSA) is 58.6 Å². The first-order valence-electron chi connectivity index (χ1n) is 11.9. The summed E-state index contributed by atoms with van der Waals surface area (Å²) >= 11 is 6.10. The summed E-state index contributed by atoms with van der Waals surface area (Å²) in [6, 6.07) is 13.0. The third-order valence-electron chi connectivity index (χ3n) is 6.26. The Morgan fingerprint density at radius 3 is 2.55 bits per heavy atom. The third kappa shape index (κ3) is 7.23. The Kier molecular flexibility index (Phi) is 9.19. The summed E-state index contributed by atoms with van der Waals surface area (Å²) in [6.45, 7) is 6.09. The van der Waals surface area contributed by atoms with Crippen LogP contribution in [0.15, 0.2) is 42.5 Å². The second-order valence-electron chi connectivity index (χ2n) is 8.98. The Morgan fingerprint density at radius 1 is 1.12 bits per heavy atom. The Morgan fingerprint density at radius 2 is 1.88 bits per heavy atom. The summed E-state index contributed by atoms with van der Waals surface area (Å²) < 4.78 is 5.79. The van der Waals surface area contributed by atoms with E-state index in [9.17, 15) is 9.59 Å². The number of aryl methyl sites for hydroxylation is 2. The fraction of sp³-hybridized carbons (Fsp3) is 0.481. The number of rotatable bonds is 9. The van der Waals surface area contributed by atoms with Crippen molar-refractivity contribution in [3.63, 3.8) is 0 Å². The van der Waals surface area contributed by atoms with Gasteiger partial charge in [0.1, 0.15) is 11.8 Å². The van der Waals surface area contributed by atoms with E-state index in [1.54, 1.807) is 17.0 Å². The van der Waals surface area contributed by atoms with Gasteiger partial charge in [-0.2, -0.15) is 0 Å². The first kappa shape index (κ1) is 25.1. The summed E-state index contributed by atoms with van der Waals surface area (Å²) in [5.41, 5.74) is 3.00. The maximum Gasteiger partial charge on any atom is 0.261 e. The molecule has 5 nitrogen and oxygen atoms in total. The van der Waals surface area contributed by atoms with E-state index in [1.807, 2.05) is 45.0 Å². The van der Waals surface area contributed by atoms with Crippen molar-refractivity contribution in [3.05, 3.63) is 64.2 Å². The quantitative estimate of drug-likeness (QED) is 0.519. The van der Waals surface area contributed by atoms with Crippen LogP contribution in [0.4, 0.5) is 0 Å². The molecule has 0 heterocycles. The number of carbonyl (C=O) groups is 2. The molecule has 0 unspecified atom stereocenters. The standard InChI is InChI=1S/C27H35ClN2O3/c1-4-25(27(32)29-22-11-6-5-7-12-22)30(17-21-10-8-9-19(2)15-21)26(31)18-33-23-13-14-24(28)20(3)16-23/h8-10,13-16,22,25H,4-7,11-12,17-18H2,1-3H3,(H,29,32)/t25-/m1/s1. The van der Waals surface area contributed by atoms with E-state index in [4.69, 9.17) is 16.3 Å². The van der Waals surface area contributed by atoms with Crippen LogP contribution in [0.3, 0.4) is 0 Å². The van der Waals surface area contributed by atoms with Gasteiger partial charge < -0.3 is 15.0 Å². The Bertz CT molecular complexity index is 956. The smallest absolute Gasteiger partial charge is 0.261 e. The average Bonchev–Trinajstić information content (AvgIpc) is 2.80. The molecule has 0 aromatic heterocycles. The van der Waals surface area contributed by atoms with Gasteiger partial charge in [-0.25, -0.2) is 0 Å². The molecule has 3 rings (SSSR count). The first-order valence-corrected chi connectivity index (χ1v) is 12.3. The number of ether oxygens (including phenoxy) is 1. The molecule has 2 aromatic rings. The number of halogens is 1. The highest BCUT2D eigenvalue weighted by Crippen LogP contribution is 2.22. The molecule has 0 saturated heterocycles. The number of nitrogens with one attached hydrogen (secondary N) is 1. The summed E-state index contributed by atoms with van der Waals surface area (Å²) in [5, 5.41) is 3.85. The van der Waals surface area contributed by atoms with E-state index >= 15 is 0 Å². The number of hydrogen-bond donors (Lipinski definition) is 1. The molecular formula is C27H35ClN2O3. The van der Waals surface area contributed by atoms with Crippen LogP contribution in [0.2, 0.25) is 5.02 Å². The monoisotopic (exact) mass is 470 g/mol. The molecule has 0 bridgehead atoms. The molecule has 2 aromatic carbocycles. The van der Waals surface area contributed by atoms with Gasteiger partial charge in [0.05, 0.1) is 0 Å². The highest BCUT2D eigenvalue weighted by Gasteiger charge is 2.30. The predicted octanol–water partition coefficient (Wildman–Crippen LogP) is 5.59. The molecule has 0 radical (unpaired) electrons. The minimum Gasteiger partial charge on any atom is -0.484 e. The van der Waals surface area contributed by atoms with Crippen molar-refractivity contribution >= 4 is 23.4 Å². The van der Waals surface area contributed by atoms with Crippen LogP contribution in [-0.4, -0.2) is 35.4 Å². The molecule has 6 heteroatoms. The molecule has 1 aliphatic carbocycles. The number of carbonyl (C=O) groups excluding carboxylic acids is 2. The van der Waals surface area contributed by atoms with Crippen molar-refractivity contribution in [3.8, 4) is 5.75 Å². The van der Waals surface area contributed by atoms with Crippen molar-refractivity contribution in [2.75, 3.05) is 6.61 Å². The van der Waals surface area contributed by atoms with E-state index in [2.05, 4.69) is 11.4 Å². The van der Waals surface area contributed by atoms with Gasteiger partial charge >= 0.3 is 0 Å². The third-order valence-corrected chi connectivity index (χ3v) is 6.69.